The molecule has 0 spiro atoms. The Bertz CT molecular complexity index is 1330. The van der Waals surface area contributed by atoms with Crippen LogP contribution in [-0.4, -0.2) is 80.9 Å². The summed E-state index contributed by atoms with van der Waals surface area (Å²) >= 11 is 0. The minimum Gasteiger partial charge on any atom is -0.463 e. The highest BCUT2D eigenvalue weighted by Crippen LogP contribution is 2.32. The first-order valence-corrected chi connectivity index (χ1v) is 14.0. The van der Waals surface area contributed by atoms with Crippen LogP contribution < -0.4 is 5.32 Å². The Morgan fingerprint density at radius 3 is 2.53 bits per heavy atom. The van der Waals surface area contributed by atoms with Crippen molar-refractivity contribution in [3.05, 3.63) is 76.7 Å². The number of nitrogens with zero attached hydrogens (tertiary/aromatic N) is 3. The van der Waals surface area contributed by atoms with Crippen LogP contribution in [-0.2, 0) is 19.6 Å². The van der Waals surface area contributed by atoms with Gasteiger partial charge in [-0.1, -0.05) is 29.8 Å². The van der Waals surface area contributed by atoms with E-state index in [4.69, 9.17) is 4.74 Å². The van der Waals surface area contributed by atoms with E-state index in [1.54, 1.807) is 44.3 Å². The normalized spacial score (nSPS) is 19.7. The SMILES string of the molecule is CCOC(=O)C1=C(CN2CCCN(S(=O)(=O)c3ccc(C)cc3)CC2)N(C)C(=O)NC1c1cccc(F)c1. The molecule has 2 aliphatic rings. The number of nitrogens with one attached hydrogen (secondary N) is 1. The zero-order valence-electron chi connectivity index (χ0n) is 21.8. The first kappa shape index (κ1) is 27.7. The van der Waals surface area contributed by atoms with Crippen molar-refractivity contribution in [3.63, 3.8) is 0 Å². The quantitative estimate of drug-likeness (QED) is 0.538. The number of carbonyl (C=O) groups excluding carboxylic acids is 2. The Morgan fingerprint density at radius 1 is 1.11 bits per heavy atom. The minimum atomic E-state index is -3.65. The number of amides is 2. The maximum atomic E-state index is 14.0. The summed E-state index contributed by atoms with van der Waals surface area (Å²) in [7, 11) is -2.08. The summed E-state index contributed by atoms with van der Waals surface area (Å²) in [6, 6.07) is 11.2. The predicted octanol–water partition coefficient (Wildman–Crippen LogP) is 3.04. The van der Waals surface area contributed by atoms with Gasteiger partial charge >= 0.3 is 12.0 Å². The van der Waals surface area contributed by atoms with E-state index in [2.05, 4.69) is 5.32 Å². The molecule has 0 bridgehead atoms. The number of ether oxygens (including phenoxy) is 1. The van der Waals surface area contributed by atoms with E-state index in [0.717, 1.165) is 5.56 Å². The lowest BCUT2D eigenvalue weighted by molar-refractivity contribution is -0.139. The highest BCUT2D eigenvalue weighted by Gasteiger charge is 2.38. The van der Waals surface area contributed by atoms with Gasteiger partial charge in [-0.25, -0.2) is 22.4 Å². The number of hydrogen-bond donors (Lipinski definition) is 1. The number of esters is 1. The average molecular weight is 545 g/mol. The second-order valence-corrected chi connectivity index (χ2v) is 11.4. The molecular weight excluding hydrogens is 511 g/mol. The highest BCUT2D eigenvalue weighted by molar-refractivity contribution is 7.89. The Hall–Kier alpha value is -3.28. The van der Waals surface area contributed by atoms with Crippen LogP contribution in [0.3, 0.4) is 0 Å². The van der Waals surface area contributed by atoms with Gasteiger partial charge in [0.1, 0.15) is 5.82 Å². The number of halogens is 1. The van der Waals surface area contributed by atoms with Crippen LogP contribution in [0, 0.1) is 12.7 Å². The fourth-order valence-electron chi connectivity index (χ4n) is 4.75. The molecule has 1 saturated heterocycles. The van der Waals surface area contributed by atoms with Crippen LogP contribution in [0.15, 0.2) is 64.7 Å². The van der Waals surface area contributed by atoms with Crippen molar-refractivity contribution >= 4 is 22.0 Å². The van der Waals surface area contributed by atoms with E-state index < -0.39 is 33.9 Å². The number of rotatable bonds is 7. The van der Waals surface area contributed by atoms with Crippen molar-refractivity contribution < 1.29 is 27.1 Å². The summed E-state index contributed by atoms with van der Waals surface area (Å²) in [5.41, 5.74) is 2.08. The molecule has 9 nitrogen and oxygen atoms in total. The summed E-state index contributed by atoms with van der Waals surface area (Å²) in [4.78, 5) is 29.7. The second kappa shape index (κ2) is 11.6. The zero-order chi connectivity index (χ0) is 27.4. The summed E-state index contributed by atoms with van der Waals surface area (Å²) < 4.78 is 47.3. The van der Waals surface area contributed by atoms with Gasteiger partial charge in [0.25, 0.3) is 0 Å². The predicted molar refractivity (Wildman–Crippen MR) is 140 cm³/mol. The molecule has 2 aromatic carbocycles. The largest absolute Gasteiger partial charge is 0.463 e. The van der Waals surface area contributed by atoms with Gasteiger partial charge in [-0.15, -0.1) is 0 Å². The Labute approximate surface area is 222 Å². The fourth-order valence-corrected chi connectivity index (χ4v) is 6.22. The van der Waals surface area contributed by atoms with Crippen molar-refractivity contribution in [3.8, 4) is 0 Å². The van der Waals surface area contributed by atoms with Crippen LogP contribution >= 0.6 is 0 Å². The van der Waals surface area contributed by atoms with Crippen LogP contribution in [0.5, 0.6) is 0 Å². The maximum Gasteiger partial charge on any atom is 0.338 e. The molecule has 4 rings (SSSR count). The molecule has 0 saturated carbocycles. The van der Waals surface area contributed by atoms with Gasteiger partial charge in [0.2, 0.25) is 10.0 Å². The summed E-state index contributed by atoms with van der Waals surface area (Å²) in [5, 5.41) is 2.78. The smallest absolute Gasteiger partial charge is 0.338 e. The van der Waals surface area contributed by atoms with E-state index in [0.29, 0.717) is 37.3 Å². The van der Waals surface area contributed by atoms with Gasteiger partial charge in [0, 0.05) is 38.9 Å². The van der Waals surface area contributed by atoms with E-state index in [-0.39, 0.29) is 30.2 Å². The summed E-state index contributed by atoms with van der Waals surface area (Å²) in [6.45, 7) is 5.56. The lowest BCUT2D eigenvalue weighted by Gasteiger charge is -2.36. The Balaban J connectivity index is 1.61. The molecule has 2 amide bonds. The number of benzene rings is 2. The third-order valence-corrected chi connectivity index (χ3v) is 8.75. The number of urea groups is 1. The maximum absolute atomic E-state index is 14.0. The van der Waals surface area contributed by atoms with E-state index in [1.165, 1.54) is 27.4 Å². The summed E-state index contributed by atoms with van der Waals surface area (Å²) in [5.74, 6) is -1.08. The number of aryl methyl sites for hydroxylation is 1. The Kier molecular flexibility index (Phi) is 8.49. The van der Waals surface area contributed by atoms with Crippen molar-refractivity contribution in [1.29, 1.82) is 0 Å². The molecule has 2 aromatic rings. The number of carbonyl (C=O) groups is 2. The second-order valence-electron chi connectivity index (χ2n) is 9.42. The topological polar surface area (TPSA) is 99.3 Å². The molecule has 2 aliphatic heterocycles. The monoisotopic (exact) mass is 544 g/mol. The van der Waals surface area contributed by atoms with Crippen LogP contribution in [0.2, 0.25) is 0 Å². The molecule has 2 heterocycles. The summed E-state index contributed by atoms with van der Waals surface area (Å²) in [6.07, 6.45) is 0.580. The highest BCUT2D eigenvalue weighted by atomic mass is 32.2. The van der Waals surface area contributed by atoms with Crippen LogP contribution in [0.25, 0.3) is 0 Å². The van der Waals surface area contributed by atoms with Crippen molar-refractivity contribution in [2.45, 2.75) is 31.2 Å². The van der Waals surface area contributed by atoms with Gasteiger partial charge in [0.15, 0.2) is 0 Å². The average Bonchev–Trinajstić information content (AvgIpc) is 3.13. The number of hydrogen-bond acceptors (Lipinski definition) is 6. The zero-order valence-corrected chi connectivity index (χ0v) is 22.6. The van der Waals surface area contributed by atoms with Crippen LogP contribution in [0.1, 0.15) is 30.5 Å². The molecular formula is C27H33FN4O5S. The van der Waals surface area contributed by atoms with Gasteiger partial charge in [-0.2, -0.15) is 4.31 Å². The Morgan fingerprint density at radius 2 is 1.84 bits per heavy atom. The molecule has 1 atom stereocenters. The first-order chi connectivity index (χ1) is 18.1. The molecule has 1 unspecified atom stereocenters. The molecule has 204 valence electrons. The van der Waals surface area contributed by atoms with Crippen LogP contribution in [0.4, 0.5) is 9.18 Å². The lowest BCUT2D eigenvalue weighted by Crippen LogP contribution is -2.49. The first-order valence-electron chi connectivity index (χ1n) is 12.6. The van der Waals surface area contributed by atoms with Gasteiger partial charge < -0.3 is 10.1 Å². The molecule has 0 aromatic heterocycles. The fraction of sp³-hybridized carbons (Fsp3) is 0.407. The third kappa shape index (κ3) is 5.90. The molecule has 0 aliphatic carbocycles. The van der Waals surface area contributed by atoms with Crippen molar-refractivity contribution in [1.82, 2.24) is 19.4 Å². The van der Waals surface area contributed by atoms with E-state index >= 15 is 0 Å². The number of likely N-dealkylation sites (N-methyl/N-ethyl adjacent to an activating group) is 1. The van der Waals surface area contributed by atoms with Crippen molar-refractivity contribution in [2.24, 2.45) is 0 Å². The third-order valence-electron chi connectivity index (χ3n) is 6.83. The molecule has 38 heavy (non-hydrogen) atoms. The van der Waals surface area contributed by atoms with E-state index in [9.17, 15) is 22.4 Å². The number of sulfonamides is 1. The minimum absolute atomic E-state index is 0.138. The van der Waals surface area contributed by atoms with Crippen molar-refractivity contribution in [2.75, 3.05) is 46.4 Å². The van der Waals surface area contributed by atoms with Gasteiger partial charge in [0.05, 0.1) is 23.1 Å². The van der Waals surface area contributed by atoms with Gasteiger partial charge in [-0.3, -0.25) is 9.80 Å². The van der Waals surface area contributed by atoms with Gasteiger partial charge in [-0.05, 0) is 56.6 Å². The molecule has 0 radical (unpaired) electrons. The molecule has 11 heteroatoms. The standard InChI is InChI=1S/C27H33FN4O5S/c1-4-37-26(33)24-23(30(3)27(34)29-25(24)20-7-5-8-21(28)17-20)18-31-13-6-14-32(16-15-31)38(35,36)22-11-9-19(2)10-12-22/h5,7-12,17,25H,4,6,13-16,18H2,1-3H3,(H,29,34). The van der Waals surface area contributed by atoms with E-state index in [1.807, 2.05) is 11.8 Å². The lowest BCUT2D eigenvalue weighted by atomic mass is 9.94. The molecule has 1 fully saturated rings. The molecule has 1 N–H and O–H groups in total.